The van der Waals surface area contributed by atoms with Crippen molar-refractivity contribution in [3.8, 4) is 0 Å². The minimum Gasteiger partial charge on any atom is -0.223 e. The van der Waals surface area contributed by atoms with Gasteiger partial charge >= 0.3 is 41.7 Å². The average Bonchev–Trinajstić information content (AvgIpc) is 3.15. The van der Waals surface area contributed by atoms with E-state index in [9.17, 15) is 65.9 Å². The molecule has 1 aromatic rings. The van der Waals surface area contributed by atoms with E-state index in [2.05, 4.69) is 15.5 Å². The molecule has 0 unspecified atom stereocenters. The molecule has 1 heterocycles. The Morgan fingerprint density at radius 2 is 1.03 bits per heavy atom. The van der Waals surface area contributed by atoms with Crippen molar-refractivity contribution < 1.29 is 65.9 Å². The Balaban J connectivity index is 3.22. The molecule has 0 atom stereocenters. The fraction of sp³-hybridized carbons (Fsp3) is 0.941. The lowest BCUT2D eigenvalue weighted by atomic mass is 9.91. The van der Waals surface area contributed by atoms with Crippen LogP contribution < -0.4 is 0 Å². The molecule has 1 aromatic heterocycles. The van der Waals surface area contributed by atoms with Crippen LogP contribution in [0.4, 0.5) is 65.9 Å². The van der Waals surface area contributed by atoms with Gasteiger partial charge in [0.15, 0.2) is 5.82 Å². The van der Waals surface area contributed by atoms with Gasteiger partial charge < -0.3 is 0 Å². The second-order valence-corrected chi connectivity index (χ2v) is 7.84. The quantitative estimate of drug-likeness (QED) is 0.182. The summed E-state index contributed by atoms with van der Waals surface area (Å²) in [7, 11) is 0. The molecular formula is C17H19F15N4. The number of halogens is 15. The van der Waals surface area contributed by atoms with E-state index >= 15 is 0 Å². The zero-order valence-electron chi connectivity index (χ0n) is 18.1. The first-order valence-corrected chi connectivity index (χ1v) is 10.1. The molecule has 0 aliphatic rings. The topological polar surface area (TPSA) is 43.6 Å². The highest BCUT2D eigenvalue weighted by molar-refractivity contribution is 5.13. The number of hydrogen-bond donors (Lipinski definition) is 0. The molecule has 0 saturated carbocycles. The molecule has 0 amide bonds. The lowest BCUT2D eigenvalue weighted by Crippen LogP contribution is -2.72. The lowest BCUT2D eigenvalue weighted by molar-refractivity contribution is -0.453. The van der Waals surface area contributed by atoms with Crippen molar-refractivity contribution in [2.75, 3.05) is 0 Å². The van der Waals surface area contributed by atoms with E-state index in [-0.39, 0.29) is 17.5 Å². The van der Waals surface area contributed by atoms with E-state index in [0.717, 1.165) is 19.3 Å². The van der Waals surface area contributed by atoms with Crippen molar-refractivity contribution in [1.82, 2.24) is 20.2 Å². The van der Waals surface area contributed by atoms with E-state index in [0.29, 0.717) is 12.8 Å². The number of aryl methyl sites for hydroxylation is 1. The Morgan fingerprint density at radius 3 is 1.53 bits per heavy atom. The zero-order valence-corrected chi connectivity index (χ0v) is 18.1. The average molecular weight is 564 g/mol. The van der Waals surface area contributed by atoms with Crippen molar-refractivity contribution >= 4 is 0 Å². The largest absolute Gasteiger partial charge is 0.460 e. The van der Waals surface area contributed by atoms with Crippen molar-refractivity contribution in [1.29, 1.82) is 0 Å². The normalized spacial score (nSPS) is 15.0. The Morgan fingerprint density at radius 1 is 0.583 bits per heavy atom. The van der Waals surface area contributed by atoms with Crippen molar-refractivity contribution in [3.05, 3.63) is 5.82 Å². The summed E-state index contributed by atoms with van der Waals surface area (Å²) < 4.78 is 199. The molecule has 0 saturated heterocycles. The molecule has 1 rings (SSSR count). The maximum absolute atomic E-state index is 14.1. The van der Waals surface area contributed by atoms with Gasteiger partial charge in [-0.1, -0.05) is 39.0 Å². The molecule has 0 radical (unpaired) electrons. The summed E-state index contributed by atoms with van der Waals surface area (Å²) >= 11 is 0. The third-order valence-corrected chi connectivity index (χ3v) is 5.10. The van der Waals surface area contributed by atoms with Crippen molar-refractivity contribution in [2.45, 2.75) is 100 Å². The summed E-state index contributed by atoms with van der Waals surface area (Å²) in [5.74, 6) is -47.3. The first-order valence-electron chi connectivity index (χ1n) is 10.1. The van der Waals surface area contributed by atoms with E-state index in [1.54, 1.807) is 0 Å². The minimum atomic E-state index is -8.31. The molecule has 0 aromatic carbocycles. The van der Waals surface area contributed by atoms with Crippen LogP contribution in [0.25, 0.3) is 0 Å². The number of tetrazole rings is 1. The van der Waals surface area contributed by atoms with Crippen LogP contribution >= 0.6 is 0 Å². The molecule has 36 heavy (non-hydrogen) atoms. The monoisotopic (exact) mass is 564 g/mol. The number of hydrogen-bond acceptors (Lipinski definition) is 3. The zero-order chi connectivity index (χ0) is 28.4. The molecule has 212 valence electrons. The van der Waals surface area contributed by atoms with Gasteiger partial charge in [0.05, 0.1) is 0 Å². The van der Waals surface area contributed by atoms with Gasteiger partial charge in [0.1, 0.15) is 6.54 Å². The number of rotatable bonds is 14. The van der Waals surface area contributed by atoms with E-state index in [1.807, 2.05) is 6.92 Å². The first kappa shape index (κ1) is 32.0. The molecule has 0 aliphatic heterocycles. The van der Waals surface area contributed by atoms with Crippen LogP contribution in [0.15, 0.2) is 0 Å². The van der Waals surface area contributed by atoms with Crippen molar-refractivity contribution in [3.63, 3.8) is 0 Å². The summed E-state index contributed by atoms with van der Waals surface area (Å²) in [6, 6.07) is 0. The summed E-state index contributed by atoms with van der Waals surface area (Å²) in [6.07, 6.45) is -4.09. The Labute approximate surface area is 193 Å². The summed E-state index contributed by atoms with van der Waals surface area (Å²) in [6.45, 7) is -0.808. The highest BCUT2D eigenvalue weighted by atomic mass is 19.4. The number of alkyl halides is 15. The minimum absolute atomic E-state index is 0.180. The van der Waals surface area contributed by atoms with Crippen LogP contribution in [0.5, 0.6) is 0 Å². The molecule has 0 spiro atoms. The summed E-state index contributed by atoms with van der Waals surface area (Å²) in [5, 5.41) is 8.80. The third-order valence-electron chi connectivity index (χ3n) is 5.10. The second kappa shape index (κ2) is 10.4. The van der Waals surface area contributed by atoms with Crippen LogP contribution in [-0.2, 0) is 13.0 Å². The van der Waals surface area contributed by atoms with Crippen LogP contribution in [0.2, 0.25) is 0 Å². The Kier molecular flexibility index (Phi) is 9.27. The van der Waals surface area contributed by atoms with E-state index in [4.69, 9.17) is 0 Å². The van der Waals surface area contributed by atoms with Gasteiger partial charge in [-0.15, -0.1) is 5.10 Å². The lowest BCUT2D eigenvalue weighted by Gasteiger charge is -2.41. The highest BCUT2D eigenvalue weighted by Crippen LogP contribution is 2.62. The van der Waals surface area contributed by atoms with Crippen LogP contribution in [0.1, 0.15) is 51.3 Å². The molecule has 0 N–H and O–H groups in total. The van der Waals surface area contributed by atoms with Gasteiger partial charge in [-0.05, 0) is 16.8 Å². The molecular weight excluding hydrogens is 545 g/mol. The fourth-order valence-electron chi connectivity index (χ4n) is 2.88. The predicted molar refractivity (Wildman–Crippen MR) is 90.6 cm³/mol. The highest BCUT2D eigenvalue weighted by Gasteiger charge is 2.93. The van der Waals surface area contributed by atoms with Crippen LogP contribution in [0, 0.1) is 0 Å². The SMILES string of the molecule is CCCCCCCCc1nnnn1CC(F)(F)C(F)(F)C(F)(F)C(F)(F)C(F)(F)C(F)(F)C(F)(F)F. The van der Waals surface area contributed by atoms with Crippen LogP contribution in [0.3, 0.4) is 0 Å². The number of unbranched alkanes of at least 4 members (excludes halogenated alkanes) is 5. The van der Waals surface area contributed by atoms with Gasteiger partial charge in [-0.25, -0.2) is 4.68 Å². The van der Waals surface area contributed by atoms with Crippen LogP contribution in [-0.4, -0.2) is 61.9 Å². The van der Waals surface area contributed by atoms with E-state index in [1.165, 1.54) is 0 Å². The predicted octanol–water partition coefficient (Wildman–Crippen LogP) is 6.95. The van der Waals surface area contributed by atoms with Gasteiger partial charge in [-0.2, -0.15) is 65.9 Å². The number of aromatic nitrogens is 4. The summed E-state index contributed by atoms with van der Waals surface area (Å²) in [4.78, 5) is 0. The fourth-order valence-corrected chi connectivity index (χ4v) is 2.88. The van der Waals surface area contributed by atoms with Crippen molar-refractivity contribution in [2.24, 2.45) is 0 Å². The standard InChI is InChI=1S/C17H19F15N4/c1-2-3-4-5-6-7-8-10-33-34-35-36(10)9-11(18,19)12(20,21)13(22,23)14(24,25)15(26,27)16(28,29)17(30,31)32/h2-9H2,1H3. The number of nitrogens with zero attached hydrogens (tertiary/aromatic N) is 4. The molecule has 0 fully saturated rings. The molecule has 0 bridgehead atoms. The molecule has 4 nitrogen and oxygen atoms in total. The van der Waals surface area contributed by atoms with E-state index < -0.39 is 54.1 Å². The Bertz CT molecular complexity index is 847. The second-order valence-electron chi connectivity index (χ2n) is 7.84. The summed E-state index contributed by atoms with van der Waals surface area (Å²) in [5.41, 5.74) is 0. The molecule has 19 heteroatoms. The maximum Gasteiger partial charge on any atom is 0.460 e. The maximum atomic E-state index is 14.1. The Hall–Kier alpha value is -1.98. The van der Waals surface area contributed by atoms with Gasteiger partial charge in [0.25, 0.3) is 0 Å². The van der Waals surface area contributed by atoms with Gasteiger partial charge in [-0.3, -0.25) is 0 Å². The first-order chi connectivity index (χ1) is 16.0. The third kappa shape index (κ3) is 5.47. The molecule has 0 aliphatic carbocycles. The van der Waals surface area contributed by atoms with Gasteiger partial charge in [0.2, 0.25) is 0 Å². The van der Waals surface area contributed by atoms with Gasteiger partial charge in [0, 0.05) is 6.42 Å². The smallest absolute Gasteiger partial charge is 0.223 e.